The Morgan fingerprint density at radius 1 is 1.21 bits per heavy atom. The molecular weight excluding hydrogens is 278 g/mol. The largest absolute Gasteiger partial charge is 0.339 e. The number of rotatable bonds is 4. The minimum absolute atomic E-state index is 0.316. The third-order valence-corrected chi connectivity index (χ3v) is 3.54. The molecule has 8 heteroatoms. The molecule has 1 aromatic rings. The second-order valence-corrected chi connectivity index (χ2v) is 5.31. The number of carbonyl (C=O) groups is 1. The Morgan fingerprint density at radius 3 is 2.16 bits per heavy atom. The van der Waals surface area contributed by atoms with Gasteiger partial charge in [-0.25, -0.2) is 22.3 Å². The van der Waals surface area contributed by atoms with E-state index in [1.807, 2.05) is 0 Å². The molecule has 5 nitrogen and oxygen atoms in total. The summed E-state index contributed by atoms with van der Waals surface area (Å²) in [6, 6.07) is 0.969. The van der Waals surface area contributed by atoms with Crippen molar-refractivity contribution in [3.05, 3.63) is 29.3 Å². The van der Waals surface area contributed by atoms with Gasteiger partial charge in [-0.1, -0.05) is 0 Å². The maximum Gasteiger partial charge on any atom is 0.256 e. The molecule has 1 rings (SSSR count). The first-order valence-corrected chi connectivity index (χ1v) is 7.08. The van der Waals surface area contributed by atoms with E-state index in [4.69, 9.17) is 5.14 Å². The van der Waals surface area contributed by atoms with Gasteiger partial charge in [0.1, 0.15) is 16.5 Å². The van der Waals surface area contributed by atoms with Crippen molar-refractivity contribution in [2.75, 3.05) is 13.1 Å². The smallest absolute Gasteiger partial charge is 0.256 e. The molecule has 1 aromatic carbocycles. The minimum atomic E-state index is -4.36. The van der Waals surface area contributed by atoms with Gasteiger partial charge < -0.3 is 4.90 Å². The molecule has 0 heterocycles. The highest BCUT2D eigenvalue weighted by Gasteiger charge is 2.23. The van der Waals surface area contributed by atoms with Gasteiger partial charge in [-0.2, -0.15) is 0 Å². The molecule has 0 aromatic heterocycles. The minimum Gasteiger partial charge on any atom is -0.339 e. The Kier molecular flexibility index (Phi) is 4.59. The average Bonchev–Trinajstić information content (AvgIpc) is 2.28. The summed E-state index contributed by atoms with van der Waals surface area (Å²) < 4.78 is 49.2. The van der Waals surface area contributed by atoms with E-state index < -0.39 is 38.0 Å². The van der Waals surface area contributed by atoms with Crippen molar-refractivity contribution >= 4 is 15.9 Å². The monoisotopic (exact) mass is 292 g/mol. The van der Waals surface area contributed by atoms with Gasteiger partial charge in [0.2, 0.25) is 10.0 Å². The van der Waals surface area contributed by atoms with Crippen molar-refractivity contribution in [1.82, 2.24) is 4.90 Å². The number of nitrogens with two attached hydrogens (primary N) is 1. The van der Waals surface area contributed by atoms with E-state index in [-0.39, 0.29) is 0 Å². The summed E-state index contributed by atoms with van der Waals surface area (Å²) >= 11 is 0. The van der Waals surface area contributed by atoms with E-state index in [9.17, 15) is 22.0 Å². The van der Waals surface area contributed by atoms with Gasteiger partial charge in [0.05, 0.1) is 5.56 Å². The van der Waals surface area contributed by atoms with E-state index >= 15 is 0 Å². The van der Waals surface area contributed by atoms with E-state index in [1.54, 1.807) is 13.8 Å². The Labute approximate surface area is 110 Å². The molecule has 0 saturated carbocycles. The Morgan fingerprint density at radius 2 is 1.74 bits per heavy atom. The van der Waals surface area contributed by atoms with Crippen molar-refractivity contribution in [1.29, 1.82) is 0 Å². The van der Waals surface area contributed by atoms with Crippen LogP contribution in [0.3, 0.4) is 0 Å². The van der Waals surface area contributed by atoms with Crippen LogP contribution in [0.15, 0.2) is 17.0 Å². The average molecular weight is 292 g/mol. The Balaban J connectivity index is 3.41. The fraction of sp³-hybridized carbons (Fsp3) is 0.364. The number of sulfonamides is 1. The number of primary sulfonamides is 1. The molecular formula is C11H14F2N2O3S. The zero-order valence-electron chi connectivity index (χ0n) is 10.5. The third-order valence-electron chi connectivity index (χ3n) is 2.61. The number of hydrogen-bond donors (Lipinski definition) is 1. The van der Waals surface area contributed by atoms with E-state index in [2.05, 4.69) is 0 Å². The Bertz CT molecular complexity index is 598. The summed E-state index contributed by atoms with van der Waals surface area (Å²) in [5.41, 5.74) is -0.519. The molecule has 1 amide bonds. The first kappa shape index (κ1) is 15.5. The summed E-state index contributed by atoms with van der Waals surface area (Å²) in [5.74, 6) is -3.16. The zero-order valence-corrected chi connectivity index (χ0v) is 11.3. The van der Waals surface area contributed by atoms with Crippen LogP contribution in [0, 0.1) is 11.6 Å². The highest BCUT2D eigenvalue weighted by Crippen LogP contribution is 2.19. The highest BCUT2D eigenvalue weighted by molar-refractivity contribution is 7.89. The molecule has 0 spiro atoms. The summed E-state index contributed by atoms with van der Waals surface area (Å²) in [6.07, 6.45) is 0. The number of benzene rings is 1. The van der Waals surface area contributed by atoms with E-state index in [1.165, 1.54) is 4.90 Å². The molecule has 0 aliphatic rings. The van der Waals surface area contributed by atoms with Crippen LogP contribution in [0.2, 0.25) is 0 Å². The van der Waals surface area contributed by atoms with Gasteiger partial charge in [-0.05, 0) is 19.9 Å². The summed E-state index contributed by atoms with van der Waals surface area (Å²) in [7, 11) is -4.36. The molecule has 2 N–H and O–H groups in total. The second kappa shape index (κ2) is 5.62. The van der Waals surface area contributed by atoms with Crippen LogP contribution >= 0.6 is 0 Å². The molecule has 0 saturated heterocycles. The Hall–Kier alpha value is -1.54. The quantitative estimate of drug-likeness (QED) is 0.902. The van der Waals surface area contributed by atoms with E-state index in [0.29, 0.717) is 25.2 Å². The van der Waals surface area contributed by atoms with Crippen molar-refractivity contribution in [3.63, 3.8) is 0 Å². The molecule has 106 valence electrons. The van der Waals surface area contributed by atoms with Gasteiger partial charge in [0.15, 0.2) is 0 Å². The first-order valence-electron chi connectivity index (χ1n) is 5.53. The molecule has 0 aliphatic carbocycles. The molecule has 0 fully saturated rings. The standard InChI is InChI=1S/C11H14F2N2O3S/c1-3-15(4-2)11(16)7-5-10(19(14,17)18)9(13)6-8(7)12/h5-6H,3-4H2,1-2H3,(H2,14,17,18). The van der Waals surface area contributed by atoms with Crippen LogP contribution in [0.1, 0.15) is 24.2 Å². The number of halogens is 2. The fourth-order valence-corrected chi connectivity index (χ4v) is 2.21. The van der Waals surface area contributed by atoms with E-state index in [0.717, 1.165) is 0 Å². The van der Waals surface area contributed by atoms with Crippen LogP contribution in [0.5, 0.6) is 0 Å². The highest BCUT2D eigenvalue weighted by atomic mass is 32.2. The lowest BCUT2D eigenvalue weighted by atomic mass is 10.1. The molecule has 0 atom stereocenters. The lowest BCUT2D eigenvalue weighted by Gasteiger charge is -2.19. The normalized spacial score (nSPS) is 11.4. The van der Waals surface area contributed by atoms with Gasteiger partial charge in [0, 0.05) is 19.2 Å². The number of amides is 1. The topological polar surface area (TPSA) is 80.5 Å². The van der Waals surface area contributed by atoms with Crippen LogP contribution in [0.4, 0.5) is 8.78 Å². The fourth-order valence-electron chi connectivity index (χ4n) is 1.59. The number of carbonyl (C=O) groups excluding carboxylic acids is 1. The third kappa shape index (κ3) is 3.27. The number of hydrogen-bond acceptors (Lipinski definition) is 3. The summed E-state index contributed by atoms with van der Waals surface area (Å²) in [6.45, 7) is 4.00. The lowest BCUT2D eigenvalue weighted by molar-refractivity contribution is 0.0768. The van der Waals surface area contributed by atoms with Crippen LogP contribution < -0.4 is 5.14 Å². The predicted octanol–water partition coefficient (Wildman–Crippen LogP) is 1.09. The second-order valence-electron chi connectivity index (χ2n) is 3.78. The maximum absolute atomic E-state index is 13.6. The van der Waals surface area contributed by atoms with Gasteiger partial charge in [0.25, 0.3) is 5.91 Å². The van der Waals surface area contributed by atoms with Crippen molar-refractivity contribution in [2.45, 2.75) is 18.7 Å². The van der Waals surface area contributed by atoms with Gasteiger partial charge in [-0.3, -0.25) is 4.79 Å². The first-order chi connectivity index (χ1) is 8.72. The molecule has 0 aliphatic heterocycles. The molecule has 0 radical (unpaired) electrons. The van der Waals surface area contributed by atoms with Crippen LogP contribution in [-0.4, -0.2) is 32.3 Å². The molecule has 19 heavy (non-hydrogen) atoms. The predicted molar refractivity (Wildman–Crippen MR) is 65.0 cm³/mol. The number of nitrogens with zero attached hydrogens (tertiary/aromatic N) is 1. The molecule has 0 bridgehead atoms. The lowest BCUT2D eigenvalue weighted by Crippen LogP contribution is -2.31. The van der Waals surface area contributed by atoms with Crippen molar-refractivity contribution in [2.24, 2.45) is 5.14 Å². The summed E-state index contributed by atoms with van der Waals surface area (Å²) in [5, 5.41) is 4.80. The maximum atomic E-state index is 13.6. The SMILES string of the molecule is CCN(CC)C(=O)c1cc(S(N)(=O)=O)c(F)cc1F. The van der Waals surface area contributed by atoms with Crippen LogP contribution in [0.25, 0.3) is 0 Å². The zero-order chi connectivity index (χ0) is 14.8. The van der Waals surface area contributed by atoms with Crippen LogP contribution in [-0.2, 0) is 10.0 Å². The van der Waals surface area contributed by atoms with Crippen molar-refractivity contribution in [3.8, 4) is 0 Å². The van der Waals surface area contributed by atoms with Crippen molar-refractivity contribution < 1.29 is 22.0 Å². The summed E-state index contributed by atoms with van der Waals surface area (Å²) in [4.78, 5) is 12.3. The van der Waals surface area contributed by atoms with Gasteiger partial charge in [-0.15, -0.1) is 0 Å². The molecule has 0 unspecified atom stereocenters. The van der Waals surface area contributed by atoms with Gasteiger partial charge >= 0.3 is 0 Å².